The summed E-state index contributed by atoms with van der Waals surface area (Å²) in [5.74, 6) is 1.47. The zero-order valence-corrected chi connectivity index (χ0v) is 9.94. The fraction of sp³-hybridized carbons (Fsp3) is 0.400. The Balaban J connectivity index is 2.94. The van der Waals surface area contributed by atoms with Gasteiger partial charge in [-0.2, -0.15) is 0 Å². The molecule has 0 aliphatic carbocycles. The molecular weight excluding hydrogens is 210 g/mol. The molecule has 0 atom stereocenters. The van der Waals surface area contributed by atoms with E-state index in [0.29, 0.717) is 5.75 Å². The lowest BCUT2D eigenvalue weighted by Gasteiger charge is -2.11. The first-order valence-corrected chi connectivity index (χ1v) is 5.50. The molecule has 0 aliphatic heterocycles. The predicted molar refractivity (Wildman–Crippen MR) is 63.5 cm³/mol. The molecule has 0 fully saturated rings. The average Bonchev–Trinajstić information content (AvgIpc) is 2.17. The van der Waals surface area contributed by atoms with Crippen molar-refractivity contribution in [2.75, 3.05) is 7.11 Å². The third kappa shape index (κ3) is 2.86. The third-order valence-electron chi connectivity index (χ3n) is 2.11. The van der Waals surface area contributed by atoms with Crippen molar-refractivity contribution in [2.24, 2.45) is 5.73 Å². The van der Waals surface area contributed by atoms with E-state index in [4.69, 9.17) is 15.9 Å². The average molecular weight is 225 g/mol. The molecule has 0 amide bonds. The number of amidine groups is 1. The zero-order chi connectivity index (χ0) is 11.4. The van der Waals surface area contributed by atoms with E-state index in [-0.39, 0.29) is 5.17 Å². The van der Waals surface area contributed by atoms with E-state index in [9.17, 15) is 0 Å². The van der Waals surface area contributed by atoms with Gasteiger partial charge in [-0.3, -0.25) is 10.4 Å². The van der Waals surface area contributed by atoms with Gasteiger partial charge in [0.05, 0.1) is 12.8 Å². The van der Waals surface area contributed by atoms with Crippen LogP contribution in [0.4, 0.5) is 0 Å². The van der Waals surface area contributed by atoms with Crippen LogP contribution in [0.25, 0.3) is 0 Å². The zero-order valence-electron chi connectivity index (χ0n) is 9.13. The molecule has 0 saturated carbocycles. The summed E-state index contributed by atoms with van der Waals surface area (Å²) in [5, 5.41) is 7.24. The van der Waals surface area contributed by atoms with Gasteiger partial charge in [-0.1, -0.05) is 11.8 Å². The monoisotopic (exact) mass is 225 g/mol. The minimum absolute atomic E-state index is 0.107. The highest BCUT2D eigenvalue weighted by Crippen LogP contribution is 2.25. The molecule has 1 aromatic heterocycles. The molecule has 0 aliphatic rings. The predicted octanol–water partition coefficient (Wildman–Crippen LogP) is 1.83. The van der Waals surface area contributed by atoms with Crippen LogP contribution in [0.15, 0.2) is 6.20 Å². The number of nitrogens with two attached hydrogens (primary N) is 1. The van der Waals surface area contributed by atoms with Crippen molar-refractivity contribution in [3.8, 4) is 5.75 Å². The summed E-state index contributed by atoms with van der Waals surface area (Å²) in [4.78, 5) is 4.31. The SMILES string of the molecule is COc1c(C)cnc(CSC(=N)N)c1C. The molecule has 3 N–H and O–H groups in total. The highest BCUT2D eigenvalue weighted by atomic mass is 32.2. The molecule has 0 spiro atoms. The van der Waals surface area contributed by atoms with Crippen LogP contribution in [0.3, 0.4) is 0 Å². The first-order chi connectivity index (χ1) is 7.06. The molecule has 5 heteroatoms. The van der Waals surface area contributed by atoms with Crippen molar-refractivity contribution in [1.82, 2.24) is 4.98 Å². The topological polar surface area (TPSA) is 72.0 Å². The van der Waals surface area contributed by atoms with Gasteiger partial charge in [-0.15, -0.1) is 0 Å². The van der Waals surface area contributed by atoms with Crippen LogP contribution in [0, 0.1) is 19.3 Å². The number of aryl methyl sites for hydroxylation is 1. The second-order valence-corrected chi connectivity index (χ2v) is 4.22. The van der Waals surface area contributed by atoms with Crippen LogP contribution < -0.4 is 10.5 Å². The highest BCUT2D eigenvalue weighted by molar-refractivity contribution is 8.13. The van der Waals surface area contributed by atoms with Crippen molar-refractivity contribution in [3.63, 3.8) is 0 Å². The van der Waals surface area contributed by atoms with Crippen molar-refractivity contribution in [3.05, 3.63) is 23.0 Å². The molecule has 1 heterocycles. The fourth-order valence-electron chi connectivity index (χ4n) is 1.36. The van der Waals surface area contributed by atoms with Gasteiger partial charge in [0.25, 0.3) is 0 Å². The standard InChI is InChI=1S/C10H15N3OS/c1-6-4-13-8(5-15-10(11)12)7(2)9(6)14-3/h4H,5H2,1-3H3,(H3,11,12). The lowest BCUT2D eigenvalue weighted by molar-refractivity contribution is 0.407. The summed E-state index contributed by atoms with van der Waals surface area (Å²) >= 11 is 1.27. The van der Waals surface area contributed by atoms with Crippen molar-refractivity contribution in [1.29, 1.82) is 5.41 Å². The number of nitrogens with one attached hydrogen (secondary N) is 1. The van der Waals surface area contributed by atoms with Gasteiger partial charge >= 0.3 is 0 Å². The molecular formula is C10H15N3OS. The van der Waals surface area contributed by atoms with Crippen LogP contribution >= 0.6 is 11.8 Å². The number of hydrogen-bond donors (Lipinski definition) is 2. The van der Waals surface area contributed by atoms with Gasteiger partial charge < -0.3 is 10.5 Å². The van der Waals surface area contributed by atoms with Gasteiger partial charge in [-0.25, -0.2) is 0 Å². The summed E-state index contributed by atoms with van der Waals surface area (Å²) < 4.78 is 5.29. The van der Waals surface area contributed by atoms with E-state index in [1.807, 2.05) is 13.8 Å². The maximum Gasteiger partial charge on any atom is 0.151 e. The van der Waals surface area contributed by atoms with E-state index >= 15 is 0 Å². The lowest BCUT2D eigenvalue weighted by Crippen LogP contribution is -2.05. The largest absolute Gasteiger partial charge is 0.496 e. The fourth-order valence-corrected chi connectivity index (χ4v) is 1.95. The van der Waals surface area contributed by atoms with Crippen LogP contribution in [0.1, 0.15) is 16.8 Å². The molecule has 0 saturated heterocycles. The Morgan fingerprint density at radius 1 is 1.60 bits per heavy atom. The smallest absolute Gasteiger partial charge is 0.151 e. The number of nitrogens with zero attached hydrogens (tertiary/aromatic N) is 1. The first kappa shape index (κ1) is 11.8. The summed E-state index contributed by atoms with van der Waals surface area (Å²) in [6, 6.07) is 0. The lowest BCUT2D eigenvalue weighted by atomic mass is 10.1. The normalized spacial score (nSPS) is 10.1. The molecule has 1 aromatic rings. The number of ether oxygens (including phenoxy) is 1. The summed E-state index contributed by atoms with van der Waals surface area (Å²) in [6.07, 6.45) is 1.78. The minimum Gasteiger partial charge on any atom is -0.496 e. The second-order valence-electron chi connectivity index (χ2n) is 3.20. The molecule has 1 rings (SSSR count). The van der Waals surface area contributed by atoms with Gasteiger partial charge in [0.15, 0.2) is 5.17 Å². The molecule has 0 radical (unpaired) electrons. The highest BCUT2D eigenvalue weighted by Gasteiger charge is 2.09. The molecule has 0 bridgehead atoms. The summed E-state index contributed by atoms with van der Waals surface area (Å²) in [7, 11) is 1.65. The van der Waals surface area contributed by atoms with E-state index in [2.05, 4.69) is 4.98 Å². The number of methoxy groups -OCH3 is 1. The summed E-state index contributed by atoms with van der Waals surface area (Å²) in [5.41, 5.74) is 8.23. The molecule has 15 heavy (non-hydrogen) atoms. The molecule has 0 unspecified atom stereocenters. The van der Waals surface area contributed by atoms with Gasteiger partial charge in [0.1, 0.15) is 5.75 Å². The molecule has 82 valence electrons. The van der Waals surface area contributed by atoms with Gasteiger partial charge in [0.2, 0.25) is 0 Å². The van der Waals surface area contributed by atoms with Crippen molar-refractivity contribution >= 4 is 16.9 Å². The minimum atomic E-state index is 0.107. The number of aromatic nitrogens is 1. The van der Waals surface area contributed by atoms with Gasteiger partial charge in [-0.05, 0) is 13.8 Å². The van der Waals surface area contributed by atoms with Gasteiger partial charge in [0, 0.05) is 23.1 Å². The summed E-state index contributed by atoms with van der Waals surface area (Å²) in [6.45, 7) is 3.93. The Morgan fingerprint density at radius 3 is 2.80 bits per heavy atom. The second kappa shape index (κ2) is 5.02. The Kier molecular flexibility index (Phi) is 3.96. The van der Waals surface area contributed by atoms with Crippen molar-refractivity contribution in [2.45, 2.75) is 19.6 Å². The van der Waals surface area contributed by atoms with E-state index in [1.54, 1.807) is 13.3 Å². The molecule has 0 aromatic carbocycles. The number of rotatable bonds is 3. The van der Waals surface area contributed by atoms with E-state index < -0.39 is 0 Å². The van der Waals surface area contributed by atoms with E-state index in [1.165, 1.54) is 11.8 Å². The van der Waals surface area contributed by atoms with Crippen LogP contribution in [0.2, 0.25) is 0 Å². The number of pyridine rings is 1. The van der Waals surface area contributed by atoms with E-state index in [0.717, 1.165) is 22.6 Å². The first-order valence-electron chi connectivity index (χ1n) is 4.52. The van der Waals surface area contributed by atoms with Crippen LogP contribution in [-0.4, -0.2) is 17.3 Å². The molecule has 4 nitrogen and oxygen atoms in total. The Bertz CT molecular complexity index is 379. The van der Waals surface area contributed by atoms with Crippen molar-refractivity contribution < 1.29 is 4.74 Å². The Morgan fingerprint density at radius 2 is 2.27 bits per heavy atom. The number of thioether (sulfide) groups is 1. The Hall–Kier alpha value is -1.23. The number of hydrogen-bond acceptors (Lipinski definition) is 4. The maximum atomic E-state index is 7.14. The maximum absolute atomic E-state index is 7.14. The third-order valence-corrected chi connectivity index (χ3v) is 2.84. The quantitative estimate of drug-likeness (QED) is 0.608. The van der Waals surface area contributed by atoms with Crippen LogP contribution in [-0.2, 0) is 5.75 Å². The Labute approximate surface area is 93.7 Å². The van der Waals surface area contributed by atoms with Crippen LogP contribution in [0.5, 0.6) is 5.75 Å².